The van der Waals surface area contributed by atoms with Crippen molar-refractivity contribution < 1.29 is 38.9 Å². The molecule has 6 aromatic rings. The fraction of sp³-hybridized carbons (Fsp3) is 0. The van der Waals surface area contributed by atoms with Gasteiger partial charge in [0.25, 0.3) is 30.4 Å². The molecular formula is C32H23N5O9S3. The van der Waals surface area contributed by atoms with Gasteiger partial charge < -0.3 is 5.32 Å². The molecule has 0 fully saturated rings. The second-order valence-corrected chi connectivity index (χ2v) is 14.7. The van der Waals surface area contributed by atoms with E-state index in [0.29, 0.717) is 22.1 Å². The van der Waals surface area contributed by atoms with Crippen LogP contribution in [0.25, 0.3) is 21.5 Å². The van der Waals surface area contributed by atoms with E-state index in [-0.39, 0.29) is 38.4 Å². The van der Waals surface area contributed by atoms with Crippen LogP contribution in [-0.2, 0) is 30.4 Å². The van der Waals surface area contributed by atoms with Crippen molar-refractivity contribution in [3.05, 3.63) is 115 Å². The molecule has 248 valence electrons. The van der Waals surface area contributed by atoms with Crippen LogP contribution in [0.5, 0.6) is 0 Å². The molecule has 6 aromatic carbocycles. The second-order valence-electron chi connectivity index (χ2n) is 10.4. The number of rotatable bonds is 9. The molecule has 0 bridgehead atoms. The largest absolute Gasteiger partial charge is 0.355 e. The molecular weight excluding hydrogens is 695 g/mol. The van der Waals surface area contributed by atoms with E-state index in [1.165, 1.54) is 48.5 Å². The van der Waals surface area contributed by atoms with E-state index in [1.54, 1.807) is 42.5 Å². The van der Waals surface area contributed by atoms with Crippen LogP contribution in [0.15, 0.2) is 150 Å². The minimum Gasteiger partial charge on any atom is -0.355 e. The Balaban J connectivity index is 1.47. The van der Waals surface area contributed by atoms with Crippen molar-refractivity contribution >= 4 is 86.0 Å². The SMILES string of the molecule is O=S(=O)(O)c1cccc(/N=N/c2ccc(/N=N/c3ccc(Nc4ccccc4)c4c(S(=O)(=O)O)cccc34)c3ccc(S(=O)(=O)O)cc23)c1. The van der Waals surface area contributed by atoms with E-state index in [9.17, 15) is 38.9 Å². The van der Waals surface area contributed by atoms with Gasteiger partial charge in [0, 0.05) is 32.9 Å². The van der Waals surface area contributed by atoms with Gasteiger partial charge in [-0.15, -0.1) is 15.3 Å². The summed E-state index contributed by atoms with van der Waals surface area (Å²) in [5.41, 5.74) is 1.71. The molecule has 0 heterocycles. The molecule has 0 unspecified atom stereocenters. The molecule has 14 nitrogen and oxygen atoms in total. The lowest BCUT2D eigenvalue weighted by Gasteiger charge is -2.14. The summed E-state index contributed by atoms with van der Waals surface area (Å²) in [5, 5.41) is 21.1. The van der Waals surface area contributed by atoms with E-state index in [4.69, 9.17) is 0 Å². The van der Waals surface area contributed by atoms with Gasteiger partial charge in [0.1, 0.15) is 4.90 Å². The molecule has 0 spiro atoms. The third kappa shape index (κ3) is 7.36. The maximum absolute atomic E-state index is 12.4. The molecule has 0 aliphatic carbocycles. The summed E-state index contributed by atoms with van der Waals surface area (Å²) in [6.45, 7) is 0. The second kappa shape index (κ2) is 12.9. The van der Waals surface area contributed by atoms with Crippen molar-refractivity contribution in [2.45, 2.75) is 14.7 Å². The molecule has 0 radical (unpaired) electrons. The lowest BCUT2D eigenvalue weighted by Crippen LogP contribution is -2.01. The van der Waals surface area contributed by atoms with Crippen LogP contribution in [0.1, 0.15) is 0 Å². The Morgan fingerprint density at radius 1 is 0.469 bits per heavy atom. The number of hydrogen-bond acceptors (Lipinski definition) is 11. The van der Waals surface area contributed by atoms with Crippen molar-refractivity contribution in [2.24, 2.45) is 20.5 Å². The van der Waals surface area contributed by atoms with Crippen LogP contribution in [0.3, 0.4) is 0 Å². The predicted molar refractivity (Wildman–Crippen MR) is 182 cm³/mol. The van der Waals surface area contributed by atoms with Crippen LogP contribution in [-0.4, -0.2) is 38.9 Å². The van der Waals surface area contributed by atoms with Crippen molar-refractivity contribution in [1.82, 2.24) is 0 Å². The highest BCUT2D eigenvalue weighted by Crippen LogP contribution is 2.40. The Morgan fingerprint density at radius 2 is 1.06 bits per heavy atom. The third-order valence-electron chi connectivity index (χ3n) is 7.20. The Kier molecular flexibility index (Phi) is 8.80. The summed E-state index contributed by atoms with van der Waals surface area (Å²) in [6.07, 6.45) is 0. The minimum absolute atomic E-state index is 0.0688. The molecule has 0 amide bonds. The number of anilines is 2. The lowest BCUT2D eigenvalue weighted by molar-refractivity contribution is 0.481. The first-order valence-electron chi connectivity index (χ1n) is 14.0. The Labute approximate surface area is 279 Å². The maximum atomic E-state index is 12.4. The minimum atomic E-state index is -4.66. The van der Waals surface area contributed by atoms with Gasteiger partial charge in [0.15, 0.2) is 0 Å². The Bertz CT molecular complexity index is 2670. The van der Waals surface area contributed by atoms with Crippen molar-refractivity contribution in [3.8, 4) is 0 Å². The Hall–Kier alpha value is -5.43. The number of hydrogen-bond donors (Lipinski definition) is 4. The number of fused-ring (bicyclic) bond motifs is 2. The summed E-state index contributed by atoms with van der Waals surface area (Å²) in [5.74, 6) is 0. The molecule has 0 aliphatic heterocycles. The highest BCUT2D eigenvalue weighted by Gasteiger charge is 2.19. The molecule has 49 heavy (non-hydrogen) atoms. The van der Waals surface area contributed by atoms with Crippen molar-refractivity contribution in [1.29, 1.82) is 0 Å². The predicted octanol–water partition coefficient (Wildman–Crippen LogP) is 8.31. The number of nitrogens with one attached hydrogen (secondary N) is 1. The zero-order valence-corrected chi connectivity index (χ0v) is 27.2. The summed E-state index contributed by atoms with van der Waals surface area (Å²) in [4.78, 5) is -1.19. The summed E-state index contributed by atoms with van der Waals surface area (Å²) < 4.78 is 101. The summed E-state index contributed by atoms with van der Waals surface area (Å²) >= 11 is 0. The van der Waals surface area contributed by atoms with Gasteiger partial charge in [-0.05, 0) is 72.8 Å². The van der Waals surface area contributed by atoms with E-state index >= 15 is 0 Å². The van der Waals surface area contributed by atoms with Crippen LogP contribution >= 0.6 is 0 Å². The standard InChI is InChI=1S/C32H23N5O9S3/c38-47(39,40)22-9-4-8-21(18-22)34-35-29-15-14-27(24-13-12-23(19-26(24)29)48(41,42)43)36-37-28-16-17-30(33-20-6-2-1-3-7-20)32-25(28)10-5-11-31(32)49(44,45)46/h1-19,33H,(H,38,39,40)(H,41,42,43)(H,44,45,46)/b35-34+,37-36+. The maximum Gasteiger partial charge on any atom is 0.295 e. The zero-order valence-electron chi connectivity index (χ0n) is 24.8. The lowest BCUT2D eigenvalue weighted by atomic mass is 10.1. The zero-order chi connectivity index (χ0) is 35.0. The number of nitrogens with zero attached hydrogens (tertiary/aromatic N) is 4. The topological polar surface area (TPSA) is 225 Å². The molecule has 0 aliphatic rings. The molecule has 0 saturated carbocycles. The van der Waals surface area contributed by atoms with Crippen LogP contribution in [0, 0.1) is 0 Å². The van der Waals surface area contributed by atoms with Gasteiger partial charge >= 0.3 is 0 Å². The first-order valence-corrected chi connectivity index (χ1v) is 18.3. The highest BCUT2D eigenvalue weighted by molar-refractivity contribution is 7.86. The van der Waals surface area contributed by atoms with Gasteiger partial charge in [-0.3, -0.25) is 13.7 Å². The number of benzene rings is 6. The first kappa shape index (κ1) is 33.5. The van der Waals surface area contributed by atoms with E-state index in [2.05, 4.69) is 25.8 Å². The molecule has 0 saturated heterocycles. The summed E-state index contributed by atoms with van der Waals surface area (Å²) in [7, 11) is -13.8. The van der Waals surface area contributed by atoms with Crippen LogP contribution in [0.4, 0.5) is 34.1 Å². The number of azo groups is 2. The average molecular weight is 718 g/mol. The van der Waals surface area contributed by atoms with E-state index in [0.717, 1.165) is 18.2 Å². The fourth-order valence-corrected chi connectivity index (χ4v) is 6.75. The average Bonchev–Trinajstić information content (AvgIpc) is 3.06. The van der Waals surface area contributed by atoms with Crippen molar-refractivity contribution in [2.75, 3.05) is 5.32 Å². The fourth-order valence-electron chi connectivity index (χ4n) is 5.00. The van der Waals surface area contributed by atoms with Crippen LogP contribution < -0.4 is 5.32 Å². The first-order chi connectivity index (χ1) is 23.2. The highest BCUT2D eigenvalue weighted by atomic mass is 32.2. The third-order valence-corrected chi connectivity index (χ3v) is 9.80. The smallest absolute Gasteiger partial charge is 0.295 e. The molecule has 17 heteroatoms. The van der Waals surface area contributed by atoms with Crippen LogP contribution in [0.2, 0.25) is 0 Å². The van der Waals surface area contributed by atoms with Gasteiger partial charge in [-0.1, -0.05) is 42.5 Å². The summed E-state index contributed by atoms with van der Waals surface area (Å²) in [6, 6.07) is 28.2. The van der Waals surface area contributed by atoms with Crippen molar-refractivity contribution in [3.63, 3.8) is 0 Å². The molecule has 6 rings (SSSR count). The normalized spacial score (nSPS) is 12.7. The van der Waals surface area contributed by atoms with Gasteiger partial charge in [0.2, 0.25) is 0 Å². The molecule has 4 N–H and O–H groups in total. The molecule has 0 aromatic heterocycles. The number of para-hydroxylation sites is 1. The Morgan fingerprint density at radius 3 is 1.73 bits per heavy atom. The van der Waals surface area contributed by atoms with Gasteiger partial charge in [-0.25, -0.2) is 0 Å². The quantitative estimate of drug-likeness (QED) is 0.0826. The monoisotopic (exact) mass is 717 g/mol. The molecule has 0 atom stereocenters. The van der Waals surface area contributed by atoms with Gasteiger partial charge in [0.05, 0.1) is 32.5 Å². The van der Waals surface area contributed by atoms with Gasteiger partial charge in [-0.2, -0.15) is 30.4 Å². The van der Waals surface area contributed by atoms with E-state index in [1.807, 2.05) is 6.07 Å². The van der Waals surface area contributed by atoms with E-state index < -0.39 is 40.1 Å².